The van der Waals surface area contributed by atoms with Gasteiger partial charge in [0.25, 0.3) is 17.4 Å². The first-order chi connectivity index (χ1) is 19.2. The van der Waals surface area contributed by atoms with Crippen LogP contribution in [0.1, 0.15) is 44.5 Å². The zero-order chi connectivity index (χ0) is 28.0. The summed E-state index contributed by atoms with van der Waals surface area (Å²) in [6.07, 6.45) is 1.00. The molecule has 2 amide bonds. The number of rotatable bonds is 5. The van der Waals surface area contributed by atoms with Crippen molar-refractivity contribution in [2.45, 2.75) is 25.8 Å². The fourth-order valence-electron chi connectivity index (χ4n) is 5.69. The fourth-order valence-corrected chi connectivity index (χ4v) is 6.17. The lowest BCUT2D eigenvalue weighted by atomic mass is 9.83. The Kier molecular flexibility index (Phi) is 7.02. The van der Waals surface area contributed by atoms with E-state index in [1.54, 1.807) is 42.5 Å². The monoisotopic (exact) mass is 620 g/mol. The number of aromatic nitrogens is 1. The molecule has 8 nitrogen and oxygen atoms in total. The van der Waals surface area contributed by atoms with Crippen molar-refractivity contribution in [3.8, 4) is 0 Å². The number of pyridine rings is 1. The molecule has 10 heteroatoms. The minimum absolute atomic E-state index is 0.0310. The molecule has 2 aliphatic heterocycles. The first-order valence-electron chi connectivity index (χ1n) is 13.0. The topological polar surface area (TPSA) is 96.6 Å². The van der Waals surface area contributed by atoms with Crippen LogP contribution in [0.5, 0.6) is 0 Å². The summed E-state index contributed by atoms with van der Waals surface area (Å²) >= 11 is 9.38. The van der Waals surface area contributed by atoms with Gasteiger partial charge in [-0.1, -0.05) is 23.7 Å². The summed E-state index contributed by atoms with van der Waals surface area (Å²) in [4.78, 5) is 41.1. The Bertz CT molecular complexity index is 1700. The number of carbonyl (C=O) groups is 2. The number of halogens is 2. The maximum Gasteiger partial charge on any atom is 0.291 e. The number of carbonyl (C=O) groups excluding carboxylic acids is 2. The van der Waals surface area contributed by atoms with E-state index < -0.39 is 5.91 Å². The minimum atomic E-state index is -0.427. The molecular formula is C30H26BrClN4O4. The molecule has 40 heavy (non-hydrogen) atoms. The first-order valence-corrected chi connectivity index (χ1v) is 14.1. The summed E-state index contributed by atoms with van der Waals surface area (Å²) in [7, 11) is 0. The summed E-state index contributed by atoms with van der Waals surface area (Å²) in [6, 6.07) is 19.3. The van der Waals surface area contributed by atoms with Gasteiger partial charge in [-0.3, -0.25) is 14.4 Å². The molecule has 1 fully saturated rings. The zero-order valence-electron chi connectivity index (χ0n) is 21.6. The van der Waals surface area contributed by atoms with E-state index in [4.69, 9.17) is 16.0 Å². The predicted molar refractivity (Wildman–Crippen MR) is 159 cm³/mol. The van der Waals surface area contributed by atoms with Crippen LogP contribution in [0, 0.1) is 12.8 Å². The maximum absolute atomic E-state index is 13.3. The average molecular weight is 622 g/mol. The van der Waals surface area contributed by atoms with Crippen molar-refractivity contribution in [3.63, 3.8) is 0 Å². The molecule has 4 heterocycles. The number of nitrogens with one attached hydrogen (secondary N) is 2. The Morgan fingerprint density at radius 1 is 0.950 bits per heavy atom. The largest absolute Gasteiger partial charge is 0.444 e. The number of nitrogens with zero attached hydrogens (tertiary/aromatic N) is 2. The normalized spacial score (nSPS) is 17.7. The van der Waals surface area contributed by atoms with Crippen LogP contribution in [-0.2, 0) is 6.54 Å². The number of anilines is 3. The van der Waals surface area contributed by atoms with Crippen LogP contribution in [0.15, 0.2) is 80.6 Å². The van der Waals surface area contributed by atoms with E-state index in [2.05, 4.69) is 31.5 Å². The van der Waals surface area contributed by atoms with Crippen LogP contribution in [-0.4, -0.2) is 29.5 Å². The number of furan rings is 1. The second kappa shape index (κ2) is 10.6. The summed E-state index contributed by atoms with van der Waals surface area (Å²) in [5.41, 5.74) is 4.24. The highest BCUT2D eigenvalue weighted by Gasteiger charge is 2.35. The van der Waals surface area contributed by atoms with Crippen molar-refractivity contribution in [1.82, 2.24) is 4.57 Å². The van der Waals surface area contributed by atoms with Crippen LogP contribution in [0.2, 0.25) is 5.02 Å². The number of amides is 2. The smallest absolute Gasteiger partial charge is 0.291 e. The van der Waals surface area contributed by atoms with Gasteiger partial charge in [-0.15, -0.1) is 0 Å². The highest BCUT2D eigenvalue weighted by Crippen LogP contribution is 2.39. The molecular weight excluding hydrogens is 596 g/mol. The Morgan fingerprint density at radius 3 is 2.58 bits per heavy atom. The number of aryl methyl sites for hydroxylation is 1. The molecule has 2 bridgehead atoms. The number of piperidine rings is 1. The molecule has 1 saturated heterocycles. The molecule has 4 aromatic rings. The second-order valence-corrected chi connectivity index (χ2v) is 11.5. The van der Waals surface area contributed by atoms with Crippen molar-refractivity contribution in [1.29, 1.82) is 0 Å². The van der Waals surface area contributed by atoms with E-state index in [0.29, 0.717) is 39.7 Å². The Balaban J connectivity index is 1.33. The molecule has 2 aliphatic rings. The van der Waals surface area contributed by atoms with Crippen molar-refractivity contribution < 1.29 is 14.0 Å². The van der Waals surface area contributed by atoms with E-state index in [1.807, 2.05) is 35.8 Å². The van der Waals surface area contributed by atoms with Gasteiger partial charge in [0.1, 0.15) is 0 Å². The SMILES string of the molecule is Cc1ccc(Cl)cc1NC(=O)c1ccc(N2CC3CC(C2)c2cccc(=O)n2C3)c(NC(=O)c2ccc(Br)o2)c1. The number of fused-ring (bicyclic) bond motifs is 4. The third-order valence-electron chi connectivity index (χ3n) is 7.57. The third kappa shape index (κ3) is 5.19. The molecule has 0 radical (unpaired) electrons. The van der Waals surface area contributed by atoms with E-state index in [1.165, 1.54) is 0 Å². The molecule has 2 N–H and O–H groups in total. The van der Waals surface area contributed by atoms with E-state index in [0.717, 1.165) is 29.9 Å². The summed E-state index contributed by atoms with van der Waals surface area (Å²) in [5, 5.41) is 6.40. The molecule has 2 atom stereocenters. The number of hydrogen-bond acceptors (Lipinski definition) is 5. The molecule has 2 aromatic heterocycles. The second-order valence-electron chi connectivity index (χ2n) is 10.3. The summed E-state index contributed by atoms with van der Waals surface area (Å²) in [6.45, 7) is 3.95. The van der Waals surface area contributed by atoms with Gasteiger partial charge >= 0.3 is 0 Å². The van der Waals surface area contributed by atoms with Crippen LogP contribution in [0.3, 0.4) is 0 Å². The lowest BCUT2D eigenvalue weighted by Crippen LogP contribution is -2.47. The quantitative estimate of drug-likeness (QED) is 0.273. The lowest BCUT2D eigenvalue weighted by molar-refractivity contribution is 0.0992. The number of hydrogen-bond donors (Lipinski definition) is 2. The number of benzene rings is 2. The van der Waals surface area contributed by atoms with E-state index in [-0.39, 0.29) is 29.1 Å². The van der Waals surface area contributed by atoms with Gasteiger partial charge in [0.05, 0.1) is 11.4 Å². The van der Waals surface area contributed by atoms with Gasteiger partial charge in [-0.05, 0) is 89.3 Å². The molecule has 0 saturated carbocycles. The lowest BCUT2D eigenvalue weighted by Gasteiger charge is -2.44. The van der Waals surface area contributed by atoms with Gasteiger partial charge in [0.15, 0.2) is 10.4 Å². The van der Waals surface area contributed by atoms with Crippen LogP contribution in [0.25, 0.3) is 0 Å². The van der Waals surface area contributed by atoms with Crippen LogP contribution in [0.4, 0.5) is 17.1 Å². The van der Waals surface area contributed by atoms with Gasteiger partial charge in [0, 0.05) is 53.6 Å². The average Bonchev–Trinajstić information content (AvgIpc) is 3.37. The zero-order valence-corrected chi connectivity index (χ0v) is 24.0. The molecule has 2 aromatic carbocycles. The van der Waals surface area contributed by atoms with Crippen molar-refractivity contribution >= 4 is 56.4 Å². The Labute approximate surface area is 244 Å². The highest BCUT2D eigenvalue weighted by molar-refractivity contribution is 9.10. The molecule has 204 valence electrons. The van der Waals surface area contributed by atoms with Crippen molar-refractivity contribution in [3.05, 3.63) is 109 Å². The third-order valence-corrected chi connectivity index (χ3v) is 8.23. The van der Waals surface area contributed by atoms with Crippen molar-refractivity contribution in [2.24, 2.45) is 5.92 Å². The summed E-state index contributed by atoms with van der Waals surface area (Å²) in [5.74, 6) is -0.142. The predicted octanol–water partition coefficient (Wildman–Crippen LogP) is 6.29. The van der Waals surface area contributed by atoms with Gasteiger partial charge in [0.2, 0.25) is 0 Å². The van der Waals surface area contributed by atoms with Gasteiger partial charge in [-0.25, -0.2) is 0 Å². The van der Waals surface area contributed by atoms with Crippen LogP contribution >= 0.6 is 27.5 Å². The molecule has 2 unspecified atom stereocenters. The van der Waals surface area contributed by atoms with Gasteiger partial charge in [-0.2, -0.15) is 0 Å². The van der Waals surface area contributed by atoms with Crippen molar-refractivity contribution in [2.75, 3.05) is 28.6 Å². The molecule has 0 spiro atoms. The van der Waals surface area contributed by atoms with E-state index in [9.17, 15) is 14.4 Å². The standard InChI is InChI=1S/C30H26BrClN4O4/c1-17-5-7-21(32)13-22(17)33-29(38)19-6-8-25(23(12-19)34-30(39)26-9-10-27(31)40-26)35-14-18-11-20(16-35)24-3-2-4-28(37)36(24)15-18/h2-10,12-13,18,20H,11,14-16H2,1H3,(H,33,38)(H,34,39). The molecule has 6 rings (SSSR count). The van der Waals surface area contributed by atoms with Gasteiger partial charge < -0.3 is 24.5 Å². The Morgan fingerprint density at radius 2 is 1.77 bits per heavy atom. The highest BCUT2D eigenvalue weighted by atomic mass is 79.9. The maximum atomic E-state index is 13.3. The van der Waals surface area contributed by atoms with Crippen LogP contribution < -0.4 is 21.1 Å². The molecule has 0 aliphatic carbocycles. The first kappa shape index (κ1) is 26.4. The fraction of sp³-hybridized carbons (Fsp3) is 0.233. The van der Waals surface area contributed by atoms with E-state index >= 15 is 0 Å². The minimum Gasteiger partial charge on any atom is -0.444 e. The Hall–Kier alpha value is -3.82. The summed E-state index contributed by atoms with van der Waals surface area (Å²) < 4.78 is 7.79.